The normalized spacial score (nSPS) is 12.6. The lowest BCUT2D eigenvalue weighted by Gasteiger charge is -2.08. The standard InChI is InChI=1S/C8H13FN4/c1-5(10)3-11-8-7(9)6(2)12-4-13-8/h4-5H,3,10H2,1-2H3,(H,11,12,13). The zero-order valence-corrected chi connectivity index (χ0v) is 7.71. The molecule has 0 saturated carbocycles. The van der Waals surface area contributed by atoms with Crippen molar-refractivity contribution < 1.29 is 4.39 Å². The van der Waals surface area contributed by atoms with Gasteiger partial charge in [0.05, 0.1) is 5.69 Å². The fourth-order valence-electron chi connectivity index (χ4n) is 0.839. The molecular formula is C8H13FN4. The summed E-state index contributed by atoms with van der Waals surface area (Å²) in [5.41, 5.74) is 5.84. The molecule has 13 heavy (non-hydrogen) atoms. The van der Waals surface area contributed by atoms with Crippen LogP contribution >= 0.6 is 0 Å². The molecule has 0 spiro atoms. The summed E-state index contributed by atoms with van der Waals surface area (Å²) < 4.78 is 13.2. The maximum atomic E-state index is 13.2. The summed E-state index contributed by atoms with van der Waals surface area (Å²) in [7, 11) is 0. The SMILES string of the molecule is Cc1ncnc(NCC(C)N)c1F. The van der Waals surface area contributed by atoms with Crippen LogP contribution in [-0.2, 0) is 0 Å². The molecule has 0 fully saturated rings. The lowest BCUT2D eigenvalue weighted by Crippen LogP contribution is -2.26. The van der Waals surface area contributed by atoms with Crippen LogP contribution in [0, 0.1) is 12.7 Å². The van der Waals surface area contributed by atoms with E-state index in [4.69, 9.17) is 5.73 Å². The molecule has 0 amide bonds. The third-order valence-electron chi connectivity index (χ3n) is 1.56. The molecule has 5 heteroatoms. The van der Waals surface area contributed by atoms with Gasteiger partial charge in [-0.05, 0) is 13.8 Å². The van der Waals surface area contributed by atoms with E-state index in [0.29, 0.717) is 12.2 Å². The van der Waals surface area contributed by atoms with Crippen LogP contribution in [0.1, 0.15) is 12.6 Å². The maximum absolute atomic E-state index is 13.2. The van der Waals surface area contributed by atoms with Crippen LogP contribution in [0.4, 0.5) is 10.2 Å². The van der Waals surface area contributed by atoms with Gasteiger partial charge in [0.15, 0.2) is 11.6 Å². The number of hydrogen-bond acceptors (Lipinski definition) is 4. The van der Waals surface area contributed by atoms with E-state index < -0.39 is 5.82 Å². The van der Waals surface area contributed by atoms with Crippen molar-refractivity contribution in [1.82, 2.24) is 9.97 Å². The van der Waals surface area contributed by atoms with E-state index >= 15 is 0 Å². The zero-order valence-electron chi connectivity index (χ0n) is 7.71. The average Bonchev–Trinajstić information content (AvgIpc) is 2.07. The number of rotatable bonds is 3. The van der Waals surface area contributed by atoms with Crippen LogP contribution in [0.5, 0.6) is 0 Å². The number of halogens is 1. The first-order valence-electron chi connectivity index (χ1n) is 4.08. The minimum absolute atomic E-state index is 0.0327. The molecule has 0 aromatic carbocycles. The van der Waals surface area contributed by atoms with Crippen LogP contribution in [0.3, 0.4) is 0 Å². The topological polar surface area (TPSA) is 63.8 Å². The molecule has 0 bridgehead atoms. The van der Waals surface area contributed by atoms with Crippen molar-refractivity contribution >= 4 is 5.82 Å². The highest BCUT2D eigenvalue weighted by atomic mass is 19.1. The van der Waals surface area contributed by atoms with Gasteiger partial charge in [-0.3, -0.25) is 0 Å². The van der Waals surface area contributed by atoms with E-state index in [0.717, 1.165) is 0 Å². The lowest BCUT2D eigenvalue weighted by atomic mass is 10.3. The molecule has 0 aliphatic rings. The van der Waals surface area contributed by atoms with Crippen molar-refractivity contribution in [3.8, 4) is 0 Å². The highest BCUT2D eigenvalue weighted by molar-refractivity contribution is 5.36. The van der Waals surface area contributed by atoms with Crippen LogP contribution in [0.2, 0.25) is 0 Å². The minimum Gasteiger partial charge on any atom is -0.366 e. The Labute approximate surface area is 76.4 Å². The first-order chi connectivity index (χ1) is 6.11. The van der Waals surface area contributed by atoms with Crippen LogP contribution in [0.15, 0.2) is 6.33 Å². The van der Waals surface area contributed by atoms with E-state index in [1.807, 2.05) is 6.92 Å². The summed E-state index contributed by atoms with van der Waals surface area (Å²) in [5, 5.41) is 2.80. The smallest absolute Gasteiger partial charge is 0.186 e. The van der Waals surface area contributed by atoms with E-state index in [1.54, 1.807) is 6.92 Å². The van der Waals surface area contributed by atoms with Crippen molar-refractivity contribution in [2.75, 3.05) is 11.9 Å². The summed E-state index contributed by atoms with van der Waals surface area (Å²) in [6.45, 7) is 3.92. The van der Waals surface area contributed by atoms with Gasteiger partial charge in [-0.2, -0.15) is 0 Å². The maximum Gasteiger partial charge on any atom is 0.186 e. The lowest BCUT2D eigenvalue weighted by molar-refractivity contribution is 0.603. The van der Waals surface area contributed by atoms with Crippen molar-refractivity contribution in [3.63, 3.8) is 0 Å². The summed E-state index contributed by atoms with van der Waals surface area (Å²) >= 11 is 0. The van der Waals surface area contributed by atoms with Crippen molar-refractivity contribution in [2.24, 2.45) is 5.73 Å². The van der Waals surface area contributed by atoms with Crippen molar-refractivity contribution in [3.05, 3.63) is 17.8 Å². The van der Waals surface area contributed by atoms with Gasteiger partial charge in [-0.1, -0.05) is 0 Å². The molecule has 1 aromatic heterocycles. The summed E-state index contributed by atoms with van der Waals surface area (Å²) in [6.07, 6.45) is 1.32. The molecule has 3 N–H and O–H groups in total. The van der Waals surface area contributed by atoms with E-state index in [9.17, 15) is 4.39 Å². The van der Waals surface area contributed by atoms with Gasteiger partial charge in [0, 0.05) is 12.6 Å². The number of hydrogen-bond donors (Lipinski definition) is 2. The summed E-state index contributed by atoms with van der Waals surface area (Å²) in [5.74, 6) is -0.201. The molecule has 1 atom stereocenters. The van der Waals surface area contributed by atoms with Gasteiger partial charge < -0.3 is 11.1 Å². The molecular weight excluding hydrogens is 171 g/mol. The van der Waals surface area contributed by atoms with Gasteiger partial charge in [-0.25, -0.2) is 14.4 Å². The Morgan fingerprint density at radius 1 is 1.62 bits per heavy atom. The molecule has 4 nitrogen and oxygen atoms in total. The second kappa shape index (κ2) is 4.13. The Balaban J connectivity index is 2.71. The Bertz CT molecular complexity index is 287. The number of nitrogens with zero attached hydrogens (tertiary/aromatic N) is 2. The number of aromatic nitrogens is 2. The molecule has 72 valence electrons. The van der Waals surface area contributed by atoms with E-state index in [-0.39, 0.29) is 11.9 Å². The zero-order chi connectivity index (χ0) is 9.84. The fourth-order valence-corrected chi connectivity index (χ4v) is 0.839. The Morgan fingerprint density at radius 2 is 2.31 bits per heavy atom. The largest absolute Gasteiger partial charge is 0.366 e. The number of nitrogens with two attached hydrogens (primary N) is 1. The monoisotopic (exact) mass is 184 g/mol. The predicted octanol–water partition coefficient (Wildman–Crippen LogP) is 0.683. The highest BCUT2D eigenvalue weighted by Crippen LogP contribution is 2.10. The van der Waals surface area contributed by atoms with Crippen LogP contribution in [-0.4, -0.2) is 22.6 Å². The van der Waals surface area contributed by atoms with Gasteiger partial charge in [-0.15, -0.1) is 0 Å². The number of nitrogens with one attached hydrogen (secondary N) is 1. The fraction of sp³-hybridized carbons (Fsp3) is 0.500. The Hall–Kier alpha value is -1.23. The van der Waals surface area contributed by atoms with Gasteiger partial charge in [0.2, 0.25) is 0 Å². The third kappa shape index (κ3) is 2.62. The van der Waals surface area contributed by atoms with Crippen molar-refractivity contribution in [1.29, 1.82) is 0 Å². The molecule has 1 aromatic rings. The molecule has 1 heterocycles. The highest BCUT2D eigenvalue weighted by Gasteiger charge is 2.06. The van der Waals surface area contributed by atoms with Crippen LogP contribution in [0.25, 0.3) is 0 Å². The molecule has 1 rings (SSSR count). The first kappa shape index (κ1) is 9.85. The Kier molecular flexibility index (Phi) is 3.13. The predicted molar refractivity (Wildman–Crippen MR) is 48.9 cm³/mol. The average molecular weight is 184 g/mol. The molecule has 0 aliphatic carbocycles. The molecule has 0 radical (unpaired) electrons. The third-order valence-corrected chi connectivity index (χ3v) is 1.56. The number of aryl methyl sites for hydroxylation is 1. The quantitative estimate of drug-likeness (QED) is 0.725. The molecule has 0 aliphatic heterocycles. The number of anilines is 1. The van der Waals surface area contributed by atoms with E-state index in [1.165, 1.54) is 6.33 Å². The van der Waals surface area contributed by atoms with Crippen LogP contribution < -0.4 is 11.1 Å². The molecule has 0 saturated heterocycles. The second-order valence-electron chi connectivity index (χ2n) is 2.98. The van der Waals surface area contributed by atoms with Gasteiger partial charge >= 0.3 is 0 Å². The summed E-state index contributed by atoms with van der Waals surface area (Å²) in [4.78, 5) is 7.47. The van der Waals surface area contributed by atoms with Gasteiger partial charge in [0.25, 0.3) is 0 Å². The van der Waals surface area contributed by atoms with E-state index in [2.05, 4.69) is 15.3 Å². The molecule has 1 unspecified atom stereocenters. The minimum atomic E-state index is -0.414. The Morgan fingerprint density at radius 3 is 2.92 bits per heavy atom. The van der Waals surface area contributed by atoms with Crippen molar-refractivity contribution in [2.45, 2.75) is 19.9 Å². The van der Waals surface area contributed by atoms with Gasteiger partial charge in [0.1, 0.15) is 6.33 Å². The summed E-state index contributed by atoms with van der Waals surface area (Å²) in [6, 6.07) is -0.0327. The first-order valence-corrected chi connectivity index (χ1v) is 4.08. The second-order valence-corrected chi connectivity index (χ2v) is 2.98.